The maximum atomic E-state index is 13.5. The topological polar surface area (TPSA) is 160 Å². The number of fused-ring (bicyclic) bond motifs is 2. The molecule has 55 heavy (non-hydrogen) atoms. The molecule has 3 aliphatic rings. The summed E-state index contributed by atoms with van der Waals surface area (Å²) in [5.41, 5.74) is 0. The van der Waals surface area contributed by atoms with Crippen molar-refractivity contribution in [3.63, 3.8) is 0 Å². The third kappa shape index (κ3) is 11.9. The largest absolute Gasteiger partial charge is 0.458 e. The van der Waals surface area contributed by atoms with Gasteiger partial charge < -0.3 is 34.6 Å². The Balaban J connectivity index is 1.97. The Kier molecular flexibility index (Phi) is 18.0. The Morgan fingerprint density at radius 3 is 1.96 bits per heavy atom. The summed E-state index contributed by atoms with van der Waals surface area (Å²) >= 11 is 0. The number of aliphatic hydroxyl groups excluding tert-OH is 4. The number of hydrogen-bond acceptors (Lipinski definition) is 10. The van der Waals surface area contributed by atoms with Crippen LogP contribution in [0.3, 0.4) is 0 Å². The number of ketones is 2. The van der Waals surface area contributed by atoms with Crippen molar-refractivity contribution >= 4 is 17.5 Å². The first-order valence-electron chi connectivity index (χ1n) is 21.1. The molecule has 0 aliphatic carbocycles. The summed E-state index contributed by atoms with van der Waals surface area (Å²) < 4.78 is 20.0. The fourth-order valence-electron chi connectivity index (χ4n) is 8.95. The van der Waals surface area contributed by atoms with Crippen LogP contribution in [-0.2, 0) is 28.6 Å². The van der Waals surface area contributed by atoms with Gasteiger partial charge in [0.25, 0.3) is 0 Å². The summed E-state index contributed by atoms with van der Waals surface area (Å²) in [5, 5.41) is 43.8. The first-order chi connectivity index (χ1) is 25.8. The first kappa shape index (κ1) is 47.2. The van der Waals surface area contributed by atoms with Gasteiger partial charge in [0, 0.05) is 53.9 Å². The summed E-state index contributed by atoms with van der Waals surface area (Å²) in [6, 6.07) is 0. The van der Waals surface area contributed by atoms with Gasteiger partial charge in [-0.25, -0.2) is 4.79 Å². The van der Waals surface area contributed by atoms with Gasteiger partial charge in [-0.1, -0.05) is 99.6 Å². The summed E-state index contributed by atoms with van der Waals surface area (Å²) in [6.45, 7) is 20.1. The minimum absolute atomic E-state index is 0.144. The molecule has 3 rings (SSSR count). The molecule has 2 bridgehead atoms. The standard InChI is InChI=1S/C45H74O10/c1-12-35-17-15-13-14-16-26(3)39(48)30(7)41(50)32(9)43(52)33(10)42(51)31(8)40(49)27(4)18-21-38(47)53-44-29(6)36(20-19-35)54-45(34(44)11)23-22-25(2)37(55-45)24-28(5)46/h13-15,17-18,21,25-37,39-40,43-44,46,48-49,52H,12,16,19-20,22-24H2,1-11H3/b14-13+,17-15+,21-18+/t25-,26+,27-,28+,29+,30-,31-,32+,33-,34-,35-,36-,37-,39-,40-,43-,44+,45-/m1/s1. The van der Waals surface area contributed by atoms with Gasteiger partial charge in [0.2, 0.25) is 0 Å². The molecule has 0 aromatic rings. The summed E-state index contributed by atoms with van der Waals surface area (Å²) in [5.74, 6) is -6.53. The van der Waals surface area contributed by atoms with Crippen molar-refractivity contribution in [2.24, 2.45) is 59.2 Å². The van der Waals surface area contributed by atoms with E-state index in [1.54, 1.807) is 47.6 Å². The SMILES string of the molecule is CC[C@@H]1/C=C/C=C/C[C@H](C)[C@@H](O)[C@@H](C)C(=O)[C@H](C)[C@@H](O)[C@H](C)C(=O)[C@H](C)[C@H](O)[C@H](C)/C=C/C(=O)O[C@H]2[C@@H](C)[C@@H](CC1)O[C@@]1(CC[C@@H](C)[C@@H](C[C@H](C)O)O1)[C@@H]2C. The smallest absolute Gasteiger partial charge is 0.330 e. The fraction of sp³-hybridized carbons (Fsp3) is 0.800. The molecule has 0 unspecified atom stereocenters. The molecule has 3 heterocycles. The van der Waals surface area contributed by atoms with Gasteiger partial charge in [0.15, 0.2) is 5.79 Å². The molecule has 3 aliphatic heterocycles. The third-order valence-electron chi connectivity index (χ3n) is 13.4. The van der Waals surface area contributed by atoms with E-state index >= 15 is 0 Å². The van der Waals surface area contributed by atoms with Crippen LogP contribution in [-0.4, -0.2) is 86.5 Å². The maximum Gasteiger partial charge on any atom is 0.330 e. The van der Waals surface area contributed by atoms with Gasteiger partial charge in [-0.3, -0.25) is 9.59 Å². The molecule has 314 valence electrons. The lowest BCUT2D eigenvalue weighted by Crippen LogP contribution is -2.62. The molecule has 0 saturated carbocycles. The molecule has 4 N–H and O–H groups in total. The zero-order chi connectivity index (χ0) is 41.4. The van der Waals surface area contributed by atoms with Gasteiger partial charge in [-0.15, -0.1) is 0 Å². The van der Waals surface area contributed by atoms with Crippen molar-refractivity contribution in [1.29, 1.82) is 0 Å². The van der Waals surface area contributed by atoms with E-state index in [2.05, 4.69) is 26.8 Å². The number of ether oxygens (including phenoxy) is 3. The summed E-state index contributed by atoms with van der Waals surface area (Å²) in [6.07, 6.45) is 11.1. The van der Waals surface area contributed by atoms with Crippen molar-refractivity contribution in [3.05, 3.63) is 36.5 Å². The number of aliphatic hydroxyl groups is 4. The highest BCUT2D eigenvalue weighted by atomic mass is 16.7. The molecule has 18 atom stereocenters. The molecule has 0 amide bonds. The van der Waals surface area contributed by atoms with Crippen LogP contribution in [0.5, 0.6) is 0 Å². The van der Waals surface area contributed by atoms with E-state index in [0.717, 1.165) is 25.7 Å². The molecule has 10 nitrogen and oxygen atoms in total. The van der Waals surface area contributed by atoms with Crippen LogP contribution in [0.4, 0.5) is 0 Å². The first-order valence-corrected chi connectivity index (χ1v) is 21.1. The molecule has 0 aromatic carbocycles. The van der Waals surface area contributed by atoms with Crippen LogP contribution in [0.15, 0.2) is 36.5 Å². The second kappa shape index (κ2) is 21.0. The van der Waals surface area contributed by atoms with Crippen LogP contribution < -0.4 is 0 Å². The average Bonchev–Trinajstić information content (AvgIpc) is 3.16. The Labute approximate surface area is 331 Å². The second-order valence-corrected chi connectivity index (χ2v) is 17.7. The van der Waals surface area contributed by atoms with Crippen LogP contribution in [0.2, 0.25) is 0 Å². The Bertz CT molecular complexity index is 1340. The molecular formula is C45H74O10. The van der Waals surface area contributed by atoms with Crippen molar-refractivity contribution in [1.82, 2.24) is 0 Å². The molecule has 0 aromatic heterocycles. The highest BCUT2D eigenvalue weighted by Gasteiger charge is 2.56. The van der Waals surface area contributed by atoms with Crippen LogP contribution in [0.25, 0.3) is 0 Å². The lowest BCUT2D eigenvalue weighted by atomic mass is 9.74. The number of carbonyl (C=O) groups excluding carboxylic acids is 3. The van der Waals surface area contributed by atoms with Crippen molar-refractivity contribution < 1.29 is 49.0 Å². The predicted octanol–water partition coefficient (Wildman–Crippen LogP) is 6.77. The molecular weight excluding hydrogens is 700 g/mol. The van der Waals surface area contributed by atoms with Crippen molar-refractivity contribution in [2.75, 3.05) is 0 Å². The molecule has 1 spiro atoms. The van der Waals surface area contributed by atoms with Crippen LogP contribution >= 0.6 is 0 Å². The van der Waals surface area contributed by atoms with E-state index in [9.17, 15) is 34.8 Å². The van der Waals surface area contributed by atoms with Crippen LogP contribution in [0, 0.1) is 59.2 Å². The number of esters is 1. The number of allylic oxidation sites excluding steroid dienone is 4. The van der Waals surface area contributed by atoms with E-state index in [1.807, 2.05) is 32.1 Å². The molecule has 2 saturated heterocycles. The van der Waals surface area contributed by atoms with E-state index in [4.69, 9.17) is 14.2 Å². The van der Waals surface area contributed by atoms with E-state index in [1.165, 1.54) is 6.08 Å². The molecule has 10 heteroatoms. The monoisotopic (exact) mass is 775 g/mol. The van der Waals surface area contributed by atoms with Gasteiger partial charge >= 0.3 is 5.97 Å². The lowest BCUT2D eigenvalue weighted by Gasteiger charge is -2.55. The maximum absolute atomic E-state index is 13.5. The zero-order valence-electron chi connectivity index (χ0n) is 35.5. The van der Waals surface area contributed by atoms with E-state index < -0.39 is 77.6 Å². The highest BCUT2D eigenvalue weighted by Crippen LogP contribution is 2.49. The van der Waals surface area contributed by atoms with Gasteiger partial charge in [0.1, 0.15) is 17.7 Å². The number of carbonyl (C=O) groups is 3. The highest BCUT2D eigenvalue weighted by molar-refractivity contribution is 5.87. The van der Waals surface area contributed by atoms with E-state index in [-0.39, 0.29) is 47.6 Å². The predicted molar refractivity (Wildman–Crippen MR) is 213 cm³/mol. The average molecular weight is 775 g/mol. The fourth-order valence-corrected chi connectivity index (χ4v) is 8.95. The Morgan fingerprint density at radius 1 is 0.764 bits per heavy atom. The minimum atomic E-state index is -1.30. The summed E-state index contributed by atoms with van der Waals surface area (Å²) in [7, 11) is 0. The second-order valence-electron chi connectivity index (χ2n) is 17.7. The third-order valence-corrected chi connectivity index (χ3v) is 13.4. The normalized spacial score (nSPS) is 46.1. The van der Waals surface area contributed by atoms with Gasteiger partial charge in [-0.05, 0) is 63.2 Å². The van der Waals surface area contributed by atoms with E-state index in [0.29, 0.717) is 19.3 Å². The van der Waals surface area contributed by atoms with Gasteiger partial charge in [0.05, 0.1) is 36.6 Å². The van der Waals surface area contributed by atoms with Crippen molar-refractivity contribution in [2.45, 2.75) is 170 Å². The molecule has 2 fully saturated rings. The van der Waals surface area contributed by atoms with Gasteiger partial charge in [-0.2, -0.15) is 0 Å². The molecule has 0 radical (unpaired) electrons. The number of hydrogen-bond donors (Lipinski definition) is 4. The lowest BCUT2D eigenvalue weighted by molar-refractivity contribution is -0.371. The quantitative estimate of drug-likeness (QED) is 0.226. The number of rotatable bonds is 3. The Hall–Kier alpha value is -2.21. The summed E-state index contributed by atoms with van der Waals surface area (Å²) in [4.78, 5) is 40.4. The van der Waals surface area contributed by atoms with Crippen molar-refractivity contribution in [3.8, 4) is 0 Å². The Morgan fingerprint density at radius 2 is 1.36 bits per heavy atom. The number of Topliss-reactive ketones (excluding diaryl/α,β-unsaturated/α-hetero) is 2. The van der Waals surface area contributed by atoms with Crippen LogP contribution in [0.1, 0.15) is 121 Å². The minimum Gasteiger partial charge on any atom is -0.458 e. The zero-order valence-corrected chi connectivity index (χ0v) is 35.5.